The predicted molar refractivity (Wildman–Crippen MR) is 55.4 cm³/mol. The van der Waals surface area contributed by atoms with E-state index in [0.717, 1.165) is 0 Å². The summed E-state index contributed by atoms with van der Waals surface area (Å²) in [7, 11) is 0. The van der Waals surface area contributed by atoms with E-state index < -0.39 is 5.97 Å². The quantitative estimate of drug-likeness (QED) is 0.824. The van der Waals surface area contributed by atoms with Gasteiger partial charge in [0.15, 0.2) is 5.69 Å². The maximum absolute atomic E-state index is 10.6. The second-order valence-corrected chi connectivity index (χ2v) is 4.59. The van der Waals surface area contributed by atoms with Gasteiger partial charge in [0.05, 0.1) is 5.75 Å². The van der Waals surface area contributed by atoms with Crippen molar-refractivity contribution < 1.29 is 9.90 Å². The molecule has 0 fully saturated rings. The molecular weight excluding hydrogens is 200 g/mol. The number of thioether (sulfide) groups is 1. The van der Waals surface area contributed by atoms with Gasteiger partial charge >= 0.3 is 5.97 Å². The van der Waals surface area contributed by atoms with E-state index in [2.05, 4.69) is 23.8 Å². The fourth-order valence-corrected chi connectivity index (χ4v) is 1.45. The molecule has 0 amide bonds. The van der Waals surface area contributed by atoms with Crippen molar-refractivity contribution in [2.24, 2.45) is 0 Å². The first-order valence-corrected chi connectivity index (χ1v) is 5.31. The zero-order valence-electron chi connectivity index (χ0n) is 8.10. The van der Waals surface area contributed by atoms with E-state index in [9.17, 15) is 4.79 Å². The van der Waals surface area contributed by atoms with E-state index in [1.165, 1.54) is 12.3 Å². The van der Waals surface area contributed by atoms with Crippen molar-refractivity contribution in [3.63, 3.8) is 0 Å². The number of hydrogen-bond acceptors (Lipinski definition) is 4. The lowest BCUT2D eigenvalue weighted by Gasteiger charge is -2.03. The lowest BCUT2D eigenvalue weighted by molar-refractivity contribution is 0.0690. The van der Waals surface area contributed by atoms with Crippen LogP contribution in [-0.2, 0) is 5.75 Å². The van der Waals surface area contributed by atoms with Crippen LogP contribution < -0.4 is 0 Å². The Kier molecular flexibility index (Phi) is 3.88. The van der Waals surface area contributed by atoms with Crippen LogP contribution in [0.5, 0.6) is 0 Å². The van der Waals surface area contributed by atoms with Gasteiger partial charge in [-0.25, -0.2) is 14.8 Å². The van der Waals surface area contributed by atoms with E-state index in [-0.39, 0.29) is 5.69 Å². The first-order chi connectivity index (χ1) is 6.59. The number of carboxylic acid groups (broad SMARTS) is 1. The van der Waals surface area contributed by atoms with Gasteiger partial charge in [0.1, 0.15) is 5.82 Å². The zero-order chi connectivity index (χ0) is 10.6. The molecule has 0 unspecified atom stereocenters. The van der Waals surface area contributed by atoms with Gasteiger partial charge in [-0.05, 0) is 11.3 Å². The average molecular weight is 212 g/mol. The summed E-state index contributed by atoms with van der Waals surface area (Å²) < 4.78 is 0. The maximum atomic E-state index is 10.6. The average Bonchev–Trinajstić information content (AvgIpc) is 2.15. The number of carboxylic acids is 1. The highest BCUT2D eigenvalue weighted by atomic mass is 32.2. The number of carbonyl (C=O) groups is 1. The van der Waals surface area contributed by atoms with Crippen LogP contribution >= 0.6 is 11.8 Å². The third-order valence-electron chi connectivity index (χ3n) is 1.47. The summed E-state index contributed by atoms with van der Waals surface area (Å²) in [5.74, 6) is 0.213. The molecule has 76 valence electrons. The Morgan fingerprint density at radius 1 is 1.64 bits per heavy atom. The number of aromatic carboxylic acids is 1. The van der Waals surface area contributed by atoms with E-state index >= 15 is 0 Å². The molecule has 1 aromatic heterocycles. The van der Waals surface area contributed by atoms with E-state index in [1.807, 2.05) is 0 Å². The Morgan fingerprint density at radius 3 is 2.93 bits per heavy atom. The molecule has 0 bridgehead atoms. The fourth-order valence-electron chi connectivity index (χ4n) is 0.829. The molecule has 0 atom stereocenters. The Morgan fingerprint density at radius 2 is 2.36 bits per heavy atom. The minimum Gasteiger partial charge on any atom is -0.477 e. The van der Waals surface area contributed by atoms with Gasteiger partial charge in [-0.1, -0.05) is 13.8 Å². The van der Waals surface area contributed by atoms with Crippen molar-refractivity contribution in [3.05, 3.63) is 23.8 Å². The maximum Gasteiger partial charge on any atom is 0.354 e. The van der Waals surface area contributed by atoms with Crippen molar-refractivity contribution in [3.8, 4) is 0 Å². The van der Waals surface area contributed by atoms with E-state index in [4.69, 9.17) is 5.11 Å². The molecule has 0 spiro atoms. The van der Waals surface area contributed by atoms with Crippen molar-refractivity contribution in [1.29, 1.82) is 0 Å². The highest BCUT2D eigenvalue weighted by molar-refractivity contribution is 7.99. The van der Waals surface area contributed by atoms with Gasteiger partial charge in [0.25, 0.3) is 0 Å². The first kappa shape index (κ1) is 11.0. The molecule has 0 saturated carbocycles. The SMILES string of the molecule is CC(C)SCc1nccc(C(=O)O)n1. The number of aromatic nitrogens is 2. The second kappa shape index (κ2) is 4.95. The molecule has 4 nitrogen and oxygen atoms in total. The number of rotatable bonds is 4. The molecule has 0 aromatic carbocycles. The van der Waals surface area contributed by atoms with Crippen LogP contribution in [0.25, 0.3) is 0 Å². The van der Waals surface area contributed by atoms with E-state index in [1.54, 1.807) is 11.8 Å². The van der Waals surface area contributed by atoms with Crippen molar-refractivity contribution in [2.75, 3.05) is 0 Å². The molecule has 14 heavy (non-hydrogen) atoms. The first-order valence-electron chi connectivity index (χ1n) is 4.26. The largest absolute Gasteiger partial charge is 0.477 e. The van der Waals surface area contributed by atoms with Crippen LogP contribution in [0, 0.1) is 0 Å². The third-order valence-corrected chi connectivity index (χ3v) is 2.56. The lowest BCUT2D eigenvalue weighted by atomic mass is 10.4. The Labute approximate surface area is 86.8 Å². The standard InChI is InChI=1S/C9H12N2O2S/c1-6(2)14-5-8-10-4-3-7(11-8)9(12)13/h3-4,6H,5H2,1-2H3,(H,12,13). The van der Waals surface area contributed by atoms with Gasteiger partial charge in [-0.3, -0.25) is 0 Å². The summed E-state index contributed by atoms with van der Waals surface area (Å²) >= 11 is 1.69. The van der Waals surface area contributed by atoms with Crippen LogP contribution in [0.15, 0.2) is 12.3 Å². The zero-order valence-corrected chi connectivity index (χ0v) is 8.91. The van der Waals surface area contributed by atoms with Crippen LogP contribution in [0.2, 0.25) is 0 Å². The second-order valence-electron chi connectivity index (χ2n) is 3.02. The highest BCUT2D eigenvalue weighted by Crippen LogP contribution is 2.14. The molecular formula is C9H12N2O2S. The normalized spacial score (nSPS) is 10.5. The van der Waals surface area contributed by atoms with Gasteiger partial charge in [-0.2, -0.15) is 11.8 Å². The van der Waals surface area contributed by atoms with Crippen molar-refractivity contribution in [1.82, 2.24) is 9.97 Å². The molecule has 0 radical (unpaired) electrons. The molecule has 1 aromatic rings. The molecule has 1 heterocycles. The Bertz CT molecular complexity index is 328. The summed E-state index contributed by atoms with van der Waals surface area (Å²) in [4.78, 5) is 18.5. The van der Waals surface area contributed by atoms with Gasteiger partial charge < -0.3 is 5.11 Å². The Hall–Kier alpha value is -1.10. The fraction of sp³-hybridized carbons (Fsp3) is 0.444. The highest BCUT2D eigenvalue weighted by Gasteiger charge is 2.06. The Balaban J connectivity index is 2.69. The lowest BCUT2D eigenvalue weighted by Crippen LogP contribution is -2.04. The summed E-state index contributed by atoms with van der Waals surface area (Å²) in [5, 5.41) is 9.18. The van der Waals surface area contributed by atoms with Crippen molar-refractivity contribution in [2.45, 2.75) is 24.9 Å². The van der Waals surface area contributed by atoms with Gasteiger partial charge in [0, 0.05) is 6.20 Å². The molecule has 0 saturated heterocycles. The van der Waals surface area contributed by atoms with E-state index in [0.29, 0.717) is 16.8 Å². The monoisotopic (exact) mass is 212 g/mol. The minimum absolute atomic E-state index is 0.0550. The number of nitrogens with zero attached hydrogens (tertiary/aromatic N) is 2. The summed E-state index contributed by atoms with van der Waals surface area (Å²) in [6, 6.07) is 1.39. The summed E-state index contributed by atoms with van der Waals surface area (Å²) in [5.41, 5.74) is 0.0550. The smallest absolute Gasteiger partial charge is 0.354 e. The molecule has 5 heteroatoms. The van der Waals surface area contributed by atoms with Crippen LogP contribution in [-0.4, -0.2) is 26.3 Å². The molecule has 0 aliphatic carbocycles. The molecule has 1 rings (SSSR count). The van der Waals surface area contributed by atoms with Crippen LogP contribution in [0.4, 0.5) is 0 Å². The summed E-state index contributed by atoms with van der Waals surface area (Å²) in [6.07, 6.45) is 1.48. The predicted octanol–water partition coefficient (Wildman–Crippen LogP) is 1.82. The molecule has 0 aliphatic rings. The number of hydrogen-bond donors (Lipinski definition) is 1. The third kappa shape index (κ3) is 3.33. The van der Waals surface area contributed by atoms with Gasteiger partial charge in [-0.15, -0.1) is 0 Å². The minimum atomic E-state index is -1.01. The van der Waals surface area contributed by atoms with Crippen LogP contribution in [0.1, 0.15) is 30.2 Å². The molecule has 1 N–H and O–H groups in total. The topological polar surface area (TPSA) is 63.1 Å². The van der Waals surface area contributed by atoms with Gasteiger partial charge in [0.2, 0.25) is 0 Å². The van der Waals surface area contributed by atoms with Crippen LogP contribution in [0.3, 0.4) is 0 Å². The summed E-state index contributed by atoms with van der Waals surface area (Å²) in [6.45, 7) is 4.15. The van der Waals surface area contributed by atoms with Crippen molar-refractivity contribution >= 4 is 17.7 Å². The molecule has 0 aliphatic heterocycles.